The van der Waals surface area contributed by atoms with E-state index in [1.54, 1.807) is 12.1 Å². The fraction of sp³-hybridized carbons (Fsp3) is 0.444. The van der Waals surface area contributed by atoms with E-state index in [2.05, 4.69) is 4.74 Å². The van der Waals surface area contributed by atoms with E-state index in [4.69, 9.17) is 9.15 Å². The average Bonchev–Trinajstić information content (AvgIpc) is 2.62. The molecule has 4 heteroatoms. The van der Waals surface area contributed by atoms with Crippen LogP contribution in [0.1, 0.15) is 23.2 Å². The van der Waals surface area contributed by atoms with Crippen LogP contribution in [-0.4, -0.2) is 19.7 Å². The number of hydrogen-bond donors (Lipinski definition) is 0. The second-order valence-electron chi connectivity index (χ2n) is 2.39. The zero-order valence-corrected chi connectivity index (χ0v) is 7.70. The lowest BCUT2D eigenvalue weighted by Crippen LogP contribution is -1.98. The van der Waals surface area contributed by atoms with Gasteiger partial charge in [-0.3, -0.25) is 0 Å². The fourth-order valence-corrected chi connectivity index (χ4v) is 0.868. The van der Waals surface area contributed by atoms with Gasteiger partial charge in [0, 0.05) is 6.61 Å². The van der Waals surface area contributed by atoms with Crippen LogP contribution in [0.15, 0.2) is 16.5 Å². The Bertz CT molecular complexity index is 277. The van der Waals surface area contributed by atoms with Gasteiger partial charge in [-0.25, -0.2) is 4.79 Å². The number of rotatable bonds is 4. The van der Waals surface area contributed by atoms with Crippen LogP contribution in [0.25, 0.3) is 0 Å². The third kappa shape index (κ3) is 2.59. The summed E-state index contributed by atoms with van der Waals surface area (Å²) in [7, 11) is 1.31. The van der Waals surface area contributed by atoms with Crippen molar-refractivity contribution in [3.63, 3.8) is 0 Å². The Balaban J connectivity index is 2.58. The minimum Gasteiger partial charge on any atom is -0.463 e. The van der Waals surface area contributed by atoms with Gasteiger partial charge in [-0.15, -0.1) is 0 Å². The van der Waals surface area contributed by atoms with Crippen LogP contribution in [-0.2, 0) is 16.1 Å². The summed E-state index contributed by atoms with van der Waals surface area (Å²) in [5.74, 6) is 0.363. The molecule has 13 heavy (non-hydrogen) atoms. The van der Waals surface area contributed by atoms with Crippen molar-refractivity contribution >= 4 is 5.97 Å². The number of methoxy groups -OCH3 is 1. The molecule has 0 aliphatic carbocycles. The van der Waals surface area contributed by atoms with Gasteiger partial charge in [0.1, 0.15) is 12.4 Å². The Hall–Kier alpha value is -1.29. The summed E-state index contributed by atoms with van der Waals surface area (Å²) >= 11 is 0. The zero-order valence-electron chi connectivity index (χ0n) is 7.70. The van der Waals surface area contributed by atoms with Gasteiger partial charge in [0.2, 0.25) is 5.76 Å². The first kappa shape index (κ1) is 9.80. The number of carbonyl (C=O) groups excluding carboxylic acids is 1. The molecule has 0 saturated heterocycles. The smallest absolute Gasteiger partial charge is 0.373 e. The summed E-state index contributed by atoms with van der Waals surface area (Å²) in [6, 6.07) is 3.27. The second-order valence-corrected chi connectivity index (χ2v) is 2.39. The van der Waals surface area contributed by atoms with Crippen LogP contribution in [0, 0.1) is 0 Å². The fourth-order valence-electron chi connectivity index (χ4n) is 0.868. The normalized spacial score (nSPS) is 10.0. The van der Waals surface area contributed by atoms with Crippen LogP contribution in [0.4, 0.5) is 0 Å². The predicted molar refractivity (Wildman–Crippen MR) is 45.4 cm³/mol. The zero-order chi connectivity index (χ0) is 9.68. The van der Waals surface area contributed by atoms with E-state index in [-0.39, 0.29) is 5.76 Å². The second kappa shape index (κ2) is 4.67. The summed E-state index contributed by atoms with van der Waals surface area (Å²) in [6.07, 6.45) is 0. The topological polar surface area (TPSA) is 48.7 Å². The Kier molecular flexibility index (Phi) is 3.52. The number of ether oxygens (including phenoxy) is 2. The minimum absolute atomic E-state index is 0.206. The largest absolute Gasteiger partial charge is 0.463 e. The molecule has 0 fully saturated rings. The highest BCUT2D eigenvalue weighted by molar-refractivity contribution is 5.86. The molecule has 0 N–H and O–H groups in total. The van der Waals surface area contributed by atoms with Crippen LogP contribution >= 0.6 is 0 Å². The maximum atomic E-state index is 10.9. The predicted octanol–water partition coefficient (Wildman–Crippen LogP) is 1.60. The molecule has 0 unspecified atom stereocenters. The first-order chi connectivity index (χ1) is 6.27. The first-order valence-electron chi connectivity index (χ1n) is 4.02. The van der Waals surface area contributed by atoms with Gasteiger partial charge in [-0.1, -0.05) is 0 Å². The molecule has 0 amide bonds. The van der Waals surface area contributed by atoms with Gasteiger partial charge < -0.3 is 13.9 Å². The molecule has 1 aromatic rings. The monoisotopic (exact) mass is 184 g/mol. The van der Waals surface area contributed by atoms with Crippen LogP contribution in [0.2, 0.25) is 0 Å². The van der Waals surface area contributed by atoms with Crippen LogP contribution < -0.4 is 0 Å². The SMILES string of the molecule is CCOCc1ccc(C(=O)OC)o1. The van der Waals surface area contributed by atoms with E-state index < -0.39 is 5.97 Å². The highest BCUT2D eigenvalue weighted by Crippen LogP contribution is 2.09. The van der Waals surface area contributed by atoms with Crippen molar-refractivity contribution in [1.29, 1.82) is 0 Å². The van der Waals surface area contributed by atoms with Crippen molar-refractivity contribution < 1.29 is 18.7 Å². The summed E-state index contributed by atoms with van der Waals surface area (Å²) in [5.41, 5.74) is 0. The molecule has 0 aliphatic heterocycles. The minimum atomic E-state index is -0.470. The maximum absolute atomic E-state index is 10.9. The highest BCUT2D eigenvalue weighted by atomic mass is 16.5. The van der Waals surface area contributed by atoms with Crippen molar-refractivity contribution in [2.45, 2.75) is 13.5 Å². The molecule has 0 aliphatic rings. The molecule has 0 aromatic carbocycles. The number of esters is 1. The summed E-state index contributed by atoms with van der Waals surface area (Å²) in [4.78, 5) is 10.9. The van der Waals surface area contributed by atoms with E-state index in [0.717, 1.165) is 0 Å². The van der Waals surface area contributed by atoms with Crippen molar-refractivity contribution in [3.05, 3.63) is 23.7 Å². The van der Waals surface area contributed by atoms with Gasteiger partial charge >= 0.3 is 5.97 Å². The molecule has 0 bridgehead atoms. The molecule has 0 radical (unpaired) electrons. The van der Waals surface area contributed by atoms with Crippen molar-refractivity contribution in [2.75, 3.05) is 13.7 Å². The molecule has 1 rings (SSSR count). The molecule has 4 nitrogen and oxygen atoms in total. The summed E-state index contributed by atoms with van der Waals surface area (Å²) in [6.45, 7) is 2.89. The molecule has 0 spiro atoms. The third-order valence-electron chi connectivity index (χ3n) is 1.50. The third-order valence-corrected chi connectivity index (χ3v) is 1.50. The molecular formula is C9H12O4. The van der Waals surface area contributed by atoms with Crippen molar-refractivity contribution in [1.82, 2.24) is 0 Å². The number of carbonyl (C=O) groups is 1. The van der Waals surface area contributed by atoms with E-state index in [0.29, 0.717) is 19.0 Å². The summed E-state index contributed by atoms with van der Waals surface area (Å²) < 4.78 is 14.7. The Morgan fingerprint density at radius 1 is 1.54 bits per heavy atom. The molecule has 1 aromatic heterocycles. The van der Waals surface area contributed by atoms with E-state index in [1.807, 2.05) is 6.92 Å². The van der Waals surface area contributed by atoms with E-state index in [9.17, 15) is 4.79 Å². The highest BCUT2D eigenvalue weighted by Gasteiger charge is 2.10. The van der Waals surface area contributed by atoms with Gasteiger partial charge in [-0.05, 0) is 19.1 Å². The van der Waals surface area contributed by atoms with Gasteiger partial charge in [0.05, 0.1) is 7.11 Å². The van der Waals surface area contributed by atoms with Gasteiger partial charge in [0.15, 0.2) is 0 Å². The average molecular weight is 184 g/mol. The Labute approximate surface area is 76.4 Å². The molecular weight excluding hydrogens is 172 g/mol. The lowest BCUT2D eigenvalue weighted by Gasteiger charge is -1.96. The Morgan fingerprint density at radius 3 is 2.92 bits per heavy atom. The lowest BCUT2D eigenvalue weighted by atomic mass is 10.4. The Morgan fingerprint density at radius 2 is 2.31 bits per heavy atom. The molecule has 72 valence electrons. The van der Waals surface area contributed by atoms with Crippen molar-refractivity contribution in [2.24, 2.45) is 0 Å². The standard InChI is InChI=1S/C9H12O4/c1-3-12-6-7-4-5-8(13-7)9(10)11-2/h4-5H,3,6H2,1-2H3. The summed E-state index contributed by atoms with van der Waals surface area (Å²) in [5, 5.41) is 0. The number of furan rings is 1. The van der Waals surface area contributed by atoms with Crippen LogP contribution in [0.3, 0.4) is 0 Å². The maximum Gasteiger partial charge on any atom is 0.373 e. The first-order valence-corrected chi connectivity index (χ1v) is 4.02. The quantitative estimate of drug-likeness (QED) is 0.667. The van der Waals surface area contributed by atoms with Crippen molar-refractivity contribution in [3.8, 4) is 0 Å². The van der Waals surface area contributed by atoms with Gasteiger partial charge in [-0.2, -0.15) is 0 Å². The molecule has 1 heterocycles. The van der Waals surface area contributed by atoms with Crippen LogP contribution in [0.5, 0.6) is 0 Å². The molecule has 0 saturated carbocycles. The van der Waals surface area contributed by atoms with E-state index in [1.165, 1.54) is 7.11 Å². The van der Waals surface area contributed by atoms with E-state index >= 15 is 0 Å². The number of hydrogen-bond acceptors (Lipinski definition) is 4. The molecule has 0 atom stereocenters. The van der Waals surface area contributed by atoms with Gasteiger partial charge in [0.25, 0.3) is 0 Å². The lowest BCUT2D eigenvalue weighted by molar-refractivity contribution is 0.0554.